The van der Waals surface area contributed by atoms with E-state index in [4.69, 9.17) is 16.3 Å². The number of hydrogen-bond donors (Lipinski definition) is 0. The molecular formula is C22H22ClNO3S. The number of nitrogens with zero attached hydrogens (tertiary/aromatic N) is 1. The van der Waals surface area contributed by atoms with Crippen LogP contribution in [0, 0.1) is 0 Å². The summed E-state index contributed by atoms with van der Waals surface area (Å²) in [5, 5.41) is 0.623. The molecule has 0 aliphatic carbocycles. The number of imide groups is 1. The number of halogens is 1. The Morgan fingerprint density at radius 2 is 1.71 bits per heavy atom. The lowest BCUT2D eigenvalue weighted by molar-refractivity contribution is -0.136. The lowest BCUT2D eigenvalue weighted by Gasteiger charge is -2.15. The molecule has 0 aromatic heterocycles. The molecule has 1 aliphatic rings. The fourth-order valence-corrected chi connectivity index (χ4v) is 4.21. The van der Waals surface area contributed by atoms with E-state index in [1.807, 2.05) is 30.3 Å². The van der Waals surface area contributed by atoms with Crippen molar-refractivity contribution in [1.82, 2.24) is 4.90 Å². The topological polar surface area (TPSA) is 46.6 Å². The third kappa shape index (κ3) is 4.26. The van der Waals surface area contributed by atoms with Crippen LogP contribution < -0.4 is 4.74 Å². The van der Waals surface area contributed by atoms with E-state index in [2.05, 4.69) is 6.92 Å². The Morgan fingerprint density at radius 1 is 1.00 bits per heavy atom. The largest absolute Gasteiger partial charge is 0.496 e. The molecule has 0 atom stereocenters. The summed E-state index contributed by atoms with van der Waals surface area (Å²) in [5.41, 5.74) is 1.04. The van der Waals surface area contributed by atoms with Gasteiger partial charge in [0, 0.05) is 22.0 Å². The molecule has 3 rings (SSSR count). The summed E-state index contributed by atoms with van der Waals surface area (Å²) < 4.78 is 5.45. The minimum absolute atomic E-state index is 0.248. The Labute approximate surface area is 174 Å². The fourth-order valence-electron chi connectivity index (χ4n) is 3.08. The van der Waals surface area contributed by atoms with E-state index in [9.17, 15) is 9.59 Å². The highest BCUT2D eigenvalue weighted by Crippen LogP contribution is 2.42. The van der Waals surface area contributed by atoms with Crippen molar-refractivity contribution in [2.75, 3.05) is 13.7 Å². The van der Waals surface area contributed by atoms with Gasteiger partial charge in [-0.25, -0.2) is 0 Å². The van der Waals surface area contributed by atoms with Crippen LogP contribution in [0.2, 0.25) is 5.02 Å². The van der Waals surface area contributed by atoms with Crippen LogP contribution in [0.5, 0.6) is 5.75 Å². The maximum atomic E-state index is 13.2. The second-order valence-corrected chi connectivity index (χ2v) is 7.95. The first kappa shape index (κ1) is 20.5. The summed E-state index contributed by atoms with van der Waals surface area (Å²) in [6.45, 7) is 2.52. The lowest BCUT2D eigenvalue weighted by Crippen LogP contribution is -2.32. The van der Waals surface area contributed by atoms with Gasteiger partial charge in [-0.15, -0.1) is 0 Å². The van der Waals surface area contributed by atoms with Crippen LogP contribution in [-0.4, -0.2) is 30.4 Å². The van der Waals surface area contributed by atoms with Crippen LogP contribution in [0.3, 0.4) is 0 Å². The Hall–Kier alpha value is -2.24. The smallest absolute Gasteiger partial charge is 0.268 e. The number of rotatable bonds is 8. The highest BCUT2D eigenvalue weighted by atomic mass is 35.5. The normalized spacial score (nSPS) is 14.2. The Balaban J connectivity index is 2.03. The van der Waals surface area contributed by atoms with Gasteiger partial charge in [-0.2, -0.15) is 0 Å². The SMILES string of the molecule is CCCCCN1C(=O)C(Sc2ccc(Cl)cc2)=C(c2ccccc2OC)C1=O. The number of hydrogen-bond acceptors (Lipinski definition) is 4. The van der Waals surface area contributed by atoms with E-state index in [0.717, 1.165) is 24.2 Å². The number of unbranched alkanes of at least 4 members (excludes halogenated alkanes) is 2. The highest BCUT2D eigenvalue weighted by Gasteiger charge is 2.40. The summed E-state index contributed by atoms with van der Waals surface area (Å²) in [6, 6.07) is 14.5. The molecule has 0 N–H and O–H groups in total. The van der Waals surface area contributed by atoms with E-state index in [1.54, 1.807) is 25.3 Å². The molecule has 0 bridgehead atoms. The number of ether oxygens (including phenoxy) is 1. The molecular weight excluding hydrogens is 394 g/mol. The first-order valence-electron chi connectivity index (χ1n) is 9.24. The average Bonchev–Trinajstić information content (AvgIpc) is 2.94. The Bertz CT molecular complexity index is 908. The third-order valence-electron chi connectivity index (χ3n) is 4.52. The second-order valence-electron chi connectivity index (χ2n) is 6.43. The van der Waals surface area contributed by atoms with Crippen LogP contribution in [0.25, 0.3) is 5.57 Å². The number of para-hydroxylation sites is 1. The summed E-state index contributed by atoms with van der Waals surface area (Å²) in [4.78, 5) is 28.9. The van der Waals surface area contributed by atoms with Gasteiger partial charge in [0.2, 0.25) is 0 Å². The molecule has 2 aromatic rings. The van der Waals surface area contributed by atoms with E-state index in [1.165, 1.54) is 16.7 Å². The molecule has 28 heavy (non-hydrogen) atoms. The quantitative estimate of drug-likeness (QED) is 0.427. The molecule has 6 heteroatoms. The monoisotopic (exact) mass is 415 g/mol. The van der Waals surface area contributed by atoms with E-state index in [-0.39, 0.29) is 11.8 Å². The molecule has 0 spiro atoms. The van der Waals surface area contributed by atoms with Crippen molar-refractivity contribution in [3.05, 3.63) is 64.0 Å². The van der Waals surface area contributed by atoms with Gasteiger partial charge in [0.05, 0.1) is 17.6 Å². The van der Waals surface area contributed by atoms with Crippen LogP contribution in [0.15, 0.2) is 58.3 Å². The molecule has 0 unspecified atom stereocenters. The first-order chi connectivity index (χ1) is 13.6. The third-order valence-corrected chi connectivity index (χ3v) is 5.86. The van der Waals surface area contributed by atoms with Crippen LogP contribution in [-0.2, 0) is 9.59 Å². The standard InChI is InChI=1S/C22H22ClNO3S/c1-3-4-7-14-24-21(25)19(17-8-5-6-9-18(17)27-2)20(22(24)26)28-16-12-10-15(23)11-13-16/h5-6,8-13H,3-4,7,14H2,1-2H3. The van der Waals surface area contributed by atoms with Gasteiger partial charge in [-0.05, 0) is 36.8 Å². The molecule has 4 nitrogen and oxygen atoms in total. The van der Waals surface area contributed by atoms with E-state index < -0.39 is 0 Å². The molecule has 0 saturated carbocycles. The predicted octanol–water partition coefficient (Wildman–Crippen LogP) is 5.41. The van der Waals surface area contributed by atoms with Gasteiger partial charge in [0.15, 0.2) is 0 Å². The van der Waals surface area contributed by atoms with Crippen LogP contribution in [0.1, 0.15) is 31.7 Å². The van der Waals surface area contributed by atoms with Gasteiger partial charge in [0.1, 0.15) is 5.75 Å². The summed E-state index contributed by atoms with van der Waals surface area (Å²) >= 11 is 7.26. The zero-order chi connectivity index (χ0) is 20.1. The van der Waals surface area contributed by atoms with Gasteiger partial charge in [0.25, 0.3) is 11.8 Å². The van der Waals surface area contributed by atoms with E-state index in [0.29, 0.717) is 33.4 Å². The molecule has 2 aromatic carbocycles. The van der Waals surface area contributed by atoms with Crippen molar-refractivity contribution < 1.29 is 14.3 Å². The molecule has 1 aliphatic heterocycles. The minimum Gasteiger partial charge on any atom is -0.496 e. The maximum absolute atomic E-state index is 13.2. The lowest BCUT2D eigenvalue weighted by atomic mass is 10.1. The van der Waals surface area contributed by atoms with Crippen molar-refractivity contribution >= 4 is 40.8 Å². The summed E-state index contributed by atoms with van der Waals surface area (Å²) in [6.07, 6.45) is 2.79. The molecule has 146 valence electrons. The number of carbonyl (C=O) groups is 2. The van der Waals surface area contributed by atoms with Crippen molar-refractivity contribution in [2.24, 2.45) is 0 Å². The maximum Gasteiger partial charge on any atom is 0.268 e. The van der Waals surface area contributed by atoms with Gasteiger partial charge < -0.3 is 4.74 Å². The van der Waals surface area contributed by atoms with Crippen molar-refractivity contribution in [3.63, 3.8) is 0 Å². The summed E-state index contributed by atoms with van der Waals surface area (Å²) in [5.74, 6) is 0.0623. The Kier molecular flexibility index (Phi) is 6.81. The van der Waals surface area contributed by atoms with Crippen molar-refractivity contribution in [1.29, 1.82) is 0 Å². The Morgan fingerprint density at radius 3 is 2.39 bits per heavy atom. The number of benzene rings is 2. The number of carbonyl (C=O) groups excluding carboxylic acids is 2. The van der Waals surface area contributed by atoms with E-state index >= 15 is 0 Å². The zero-order valence-electron chi connectivity index (χ0n) is 15.9. The van der Waals surface area contributed by atoms with Gasteiger partial charge in [-0.1, -0.05) is 61.3 Å². The summed E-state index contributed by atoms with van der Waals surface area (Å²) in [7, 11) is 1.56. The van der Waals surface area contributed by atoms with Crippen molar-refractivity contribution in [3.8, 4) is 5.75 Å². The number of methoxy groups -OCH3 is 1. The van der Waals surface area contributed by atoms with Crippen LogP contribution >= 0.6 is 23.4 Å². The average molecular weight is 416 g/mol. The van der Waals surface area contributed by atoms with Crippen LogP contribution in [0.4, 0.5) is 0 Å². The molecule has 1 heterocycles. The van der Waals surface area contributed by atoms with Crippen molar-refractivity contribution in [2.45, 2.75) is 31.1 Å². The van der Waals surface area contributed by atoms with Gasteiger partial charge in [-0.3, -0.25) is 14.5 Å². The fraction of sp³-hybridized carbons (Fsp3) is 0.273. The molecule has 0 radical (unpaired) electrons. The number of thioether (sulfide) groups is 1. The predicted molar refractivity (Wildman–Crippen MR) is 113 cm³/mol. The highest BCUT2D eigenvalue weighted by molar-refractivity contribution is 8.04. The second kappa shape index (κ2) is 9.30. The zero-order valence-corrected chi connectivity index (χ0v) is 17.5. The number of amides is 2. The van der Waals surface area contributed by atoms with Gasteiger partial charge >= 0.3 is 0 Å². The first-order valence-corrected chi connectivity index (χ1v) is 10.4. The molecule has 2 amide bonds. The molecule has 0 fully saturated rings. The molecule has 0 saturated heterocycles. The minimum atomic E-state index is -0.262.